The van der Waals surface area contributed by atoms with E-state index < -0.39 is 35.5 Å². The van der Waals surface area contributed by atoms with Crippen molar-refractivity contribution in [3.8, 4) is 22.5 Å². The van der Waals surface area contributed by atoms with Crippen molar-refractivity contribution in [2.24, 2.45) is 0 Å². The number of benzene rings is 5. The van der Waals surface area contributed by atoms with Gasteiger partial charge in [0.1, 0.15) is 29.9 Å². The lowest BCUT2D eigenvalue weighted by Gasteiger charge is -2.28. The molecule has 5 aromatic carbocycles. The molecule has 6 aliphatic rings. The first kappa shape index (κ1) is 63.6. The molecular formula is C72H82N10O8S. The van der Waals surface area contributed by atoms with Crippen LogP contribution in [0.3, 0.4) is 0 Å². The van der Waals surface area contributed by atoms with Crippen LogP contribution in [0.1, 0.15) is 155 Å². The predicted octanol–water partition coefficient (Wildman–Crippen LogP) is 14.0. The van der Waals surface area contributed by atoms with Crippen molar-refractivity contribution in [1.82, 2.24) is 40.4 Å². The molecule has 7 aromatic rings. The fourth-order valence-corrected chi connectivity index (χ4v) is 12.9. The number of amides is 5. The molecule has 19 heteroatoms. The molecule has 18 nitrogen and oxygen atoms in total. The van der Waals surface area contributed by atoms with Crippen molar-refractivity contribution in [3.63, 3.8) is 0 Å². The monoisotopic (exact) mass is 1250 g/mol. The Morgan fingerprint density at radius 1 is 0.527 bits per heavy atom. The third kappa shape index (κ3) is 15.1. The number of ether oxygens (including phenoxy) is 3. The van der Waals surface area contributed by atoms with Gasteiger partial charge >= 0.3 is 18.3 Å². The Morgan fingerprint density at radius 2 is 1.00 bits per heavy atom. The minimum atomic E-state index is -0.618. The molecule has 0 unspecified atom stereocenters. The molecule has 5 N–H and O–H groups in total. The second kappa shape index (κ2) is 27.3. The normalized spacial score (nSPS) is 19.1. The quantitative estimate of drug-likeness (QED) is 0.0725. The summed E-state index contributed by atoms with van der Waals surface area (Å²) in [7, 11) is 0. The van der Waals surface area contributed by atoms with E-state index >= 15 is 0 Å². The maximum absolute atomic E-state index is 13.2. The summed E-state index contributed by atoms with van der Waals surface area (Å²) in [6.45, 7) is 14.0. The molecule has 4 fully saturated rings. The number of hydrogen-bond acceptors (Lipinski definition) is 11. The van der Waals surface area contributed by atoms with Gasteiger partial charge in [0, 0.05) is 48.2 Å². The lowest BCUT2D eigenvalue weighted by atomic mass is 10.0. The molecule has 91 heavy (non-hydrogen) atoms. The highest BCUT2D eigenvalue weighted by molar-refractivity contribution is 7.59. The summed E-state index contributed by atoms with van der Waals surface area (Å²) in [5.74, 6) is -0.373. The van der Waals surface area contributed by atoms with E-state index in [2.05, 4.69) is 115 Å². The first-order valence-electron chi connectivity index (χ1n) is 31.7. The van der Waals surface area contributed by atoms with Gasteiger partial charge in [-0.2, -0.15) is 23.7 Å². The summed E-state index contributed by atoms with van der Waals surface area (Å²) < 4.78 is 16.7. The topological polar surface area (TPSA) is 216 Å². The number of hydrogen-bond donors (Lipinski definition) is 5. The van der Waals surface area contributed by atoms with Gasteiger partial charge in [0.05, 0.1) is 28.8 Å². The molecule has 0 radical (unpaired) electrons. The van der Waals surface area contributed by atoms with Crippen LogP contribution < -0.4 is 16.0 Å². The van der Waals surface area contributed by atoms with Crippen molar-refractivity contribution in [1.29, 1.82) is 0 Å². The van der Waals surface area contributed by atoms with Gasteiger partial charge in [-0.05, 0) is 199 Å². The predicted molar refractivity (Wildman–Crippen MR) is 359 cm³/mol. The maximum Gasteiger partial charge on any atom is 0.410 e. The van der Waals surface area contributed by atoms with Crippen LogP contribution >= 0.6 is 13.5 Å². The third-order valence-electron chi connectivity index (χ3n) is 17.4. The van der Waals surface area contributed by atoms with Gasteiger partial charge in [0.25, 0.3) is 0 Å². The summed E-state index contributed by atoms with van der Waals surface area (Å²) in [5, 5.41) is 25.1. The Balaban J connectivity index is 0.000000189. The van der Waals surface area contributed by atoms with Crippen LogP contribution in [0.5, 0.6) is 0 Å². The number of carbonyl (C=O) groups excluding carboxylic acids is 5. The number of H-pyrrole nitrogens is 2. The summed E-state index contributed by atoms with van der Waals surface area (Å²) in [4.78, 5) is 69.5. The van der Waals surface area contributed by atoms with Crippen LogP contribution in [0, 0.1) is 0 Å². The lowest BCUT2D eigenvalue weighted by Crippen LogP contribution is -2.45. The van der Waals surface area contributed by atoms with Crippen molar-refractivity contribution >= 4 is 78.3 Å². The van der Waals surface area contributed by atoms with Gasteiger partial charge in [0.2, 0.25) is 11.8 Å². The van der Waals surface area contributed by atoms with E-state index in [1.165, 1.54) is 39.2 Å². The first-order valence-corrected chi connectivity index (χ1v) is 31.7. The number of nitrogens with zero attached hydrogens (tertiary/aromatic N) is 5. The number of aromatic amines is 2. The highest BCUT2D eigenvalue weighted by Crippen LogP contribution is 2.38. The SMILES string of the molecule is CC(C)(C)OC(=O)N1CCC[C@H]1C(=O)Nc1ccc2c(c1)C=C(c1ccc(-c3cc([C@@H]4CCCN4)[nH]n3)cc1)C2.CC(C)(C)OC(=O)N1CCC[C@H]1C(=O)Nc1ccc2c(c1)C=C(c1ccc(-c3cc([C@@H]4CCCN4C(=O)OCc4ccccc4)[nH]n3)cc1)C2.S. The van der Waals surface area contributed by atoms with Crippen LogP contribution in [-0.4, -0.2) is 115 Å². The Bertz CT molecular complexity index is 3860. The van der Waals surface area contributed by atoms with Gasteiger partial charge in [0.15, 0.2) is 0 Å². The zero-order valence-electron chi connectivity index (χ0n) is 52.7. The number of anilines is 2. The van der Waals surface area contributed by atoms with E-state index in [0.29, 0.717) is 44.2 Å². The van der Waals surface area contributed by atoms with Crippen molar-refractivity contribution < 1.29 is 38.2 Å². The molecule has 0 saturated carbocycles. The molecular weight excluding hydrogens is 1160 g/mol. The molecule has 4 atom stereocenters. The maximum atomic E-state index is 13.2. The molecule has 0 spiro atoms. The minimum absolute atomic E-state index is 0. The number of rotatable bonds is 12. The molecule has 0 bridgehead atoms. The van der Waals surface area contributed by atoms with Gasteiger partial charge in [-0.1, -0.05) is 103 Å². The molecule has 2 aromatic heterocycles. The van der Waals surface area contributed by atoms with Crippen LogP contribution in [0.4, 0.5) is 25.8 Å². The molecule has 4 aliphatic heterocycles. The summed E-state index contributed by atoms with van der Waals surface area (Å²) in [6.07, 6.45) is 11.7. The number of aromatic nitrogens is 4. The fraction of sp³-hybridized carbons (Fsp3) is 0.375. The van der Waals surface area contributed by atoms with Crippen molar-refractivity contribution in [2.45, 2.75) is 148 Å². The minimum Gasteiger partial charge on any atom is -0.445 e. The first-order chi connectivity index (χ1) is 43.3. The van der Waals surface area contributed by atoms with E-state index in [9.17, 15) is 24.0 Å². The van der Waals surface area contributed by atoms with Gasteiger partial charge in [-0.25, -0.2) is 14.4 Å². The molecule has 4 saturated heterocycles. The Labute approximate surface area is 539 Å². The highest BCUT2D eigenvalue weighted by atomic mass is 32.1. The average molecular weight is 1250 g/mol. The Morgan fingerprint density at radius 3 is 1.49 bits per heavy atom. The number of likely N-dealkylation sites (tertiary alicyclic amines) is 3. The van der Waals surface area contributed by atoms with Gasteiger partial charge in [-0.3, -0.25) is 34.5 Å². The van der Waals surface area contributed by atoms with Crippen molar-refractivity contribution in [3.05, 3.63) is 178 Å². The second-order valence-electron chi connectivity index (χ2n) is 26.3. The van der Waals surface area contributed by atoms with E-state index in [1.807, 2.05) is 102 Å². The molecule has 474 valence electrons. The third-order valence-corrected chi connectivity index (χ3v) is 17.4. The molecule has 13 rings (SSSR count). The van der Waals surface area contributed by atoms with Crippen LogP contribution in [-0.2, 0) is 43.2 Å². The van der Waals surface area contributed by atoms with Crippen LogP contribution in [0.15, 0.2) is 127 Å². The summed E-state index contributed by atoms with van der Waals surface area (Å²) in [5.41, 5.74) is 16.4. The van der Waals surface area contributed by atoms with E-state index in [-0.39, 0.29) is 44.1 Å². The van der Waals surface area contributed by atoms with E-state index in [1.54, 1.807) is 9.80 Å². The van der Waals surface area contributed by atoms with Crippen LogP contribution in [0.25, 0.3) is 45.8 Å². The number of fused-ring (bicyclic) bond motifs is 2. The lowest BCUT2D eigenvalue weighted by molar-refractivity contribution is -0.121. The largest absolute Gasteiger partial charge is 0.445 e. The van der Waals surface area contributed by atoms with Crippen LogP contribution in [0.2, 0.25) is 0 Å². The molecule has 6 heterocycles. The zero-order valence-corrected chi connectivity index (χ0v) is 53.7. The van der Waals surface area contributed by atoms with Crippen molar-refractivity contribution in [2.75, 3.05) is 36.8 Å². The number of carbonyl (C=O) groups is 5. The average Bonchev–Trinajstić information content (AvgIpc) is 2.41. The smallest absolute Gasteiger partial charge is 0.410 e. The second-order valence-corrected chi connectivity index (χ2v) is 26.3. The zero-order chi connectivity index (χ0) is 62.7. The summed E-state index contributed by atoms with van der Waals surface area (Å²) >= 11 is 0. The molecule has 2 aliphatic carbocycles. The van der Waals surface area contributed by atoms with Gasteiger partial charge < -0.3 is 30.2 Å². The summed E-state index contributed by atoms with van der Waals surface area (Å²) in [6, 6.07) is 42.0. The van der Waals surface area contributed by atoms with E-state index in [4.69, 9.17) is 14.2 Å². The Kier molecular flexibility index (Phi) is 19.1. The Hall–Kier alpha value is -8.94. The standard InChI is InChI=1S/C40H43N5O5.C32H37N5O3.H2S/c1-40(2,3)50-39(48)45-20-8-12-36(45)37(46)41-32-18-17-29-21-30(22-31(29)23-32)27-13-15-28(16-14-27)33-24-34(43-42-33)35-11-7-19-44(35)38(47)49-25-26-9-5-4-6-10-26;1-32(2,3)40-31(39)37-15-5-7-29(37)30(38)34-25-13-12-22-16-23(17-24(22)18-25)20-8-10-21(11-9-20)27-19-28(36-35-27)26-6-4-14-33-26;/h4-6,9-10,13-18,22-24,35-36H,7-8,11-12,19-21,25H2,1-3H3,(H,41,46)(H,42,43);8-13,17-19,26,29,33H,4-7,14-16H2,1-3H3,(H,34,38)(H,35,36);1H2/t35-,36-;26-,29-;/m00./s1. The van der Waals surface area contributed by atoms with E-state index in [0.717, 1.165) is 113 Å². The number of allylic oxidation sites excluding steroid dienone is 2. The fourth-order valence-electron chi connectivity index (χ4n) is 12.9. The van der Waals surface area contributed by atoms with Gasteiger partial charge in [-0.15, -0.1) is 0 Å². The molecule has 5 amide bonds. The highest BCUT2D eigenvalue weighted by Gasteiger charge is 2.39. The number of nitrogens with one attached hydrogen (secondary N) is 5.